The number of aromatic nitrogens is 1. The van der Waals surface area contributed by atoms with Crippen LogP contribution in [0.2, 0.25) is 0 Å². The summed E-state index contributed by atoms with van der Waals surface area (Å²) < 4.78 is 2.57. The third kappa shape index (κ3) is 3.46. The number of ketones is 1. The number of thiophene rings is 2. The second-order valence-electron chi connectivity index (χ2n) is 5.73. The fraction of sp³-hybridized carbons (Fsp3) is 0.0476. The molecule has 0 unspecified atom stereocenters. The number of carbonyl (C=O) groups excluding carboxylic acids is 1. The molecule has 0 fully saturated rings. The van der Waals surface area contributed by atoms with Crippen molar-refractivity contribution in [2.75, 3.05) is 6.26 Å². The lowest BCUT2D eigenvalue weighted by atomic mass is 10.1. The van der Waals surface area contributed by atoms with E-state index in [-0.39, 0.29) is 5.78 Å². The van der Waals surface area contributed by atoms with Crippen LogP contribution in [0.3, 0.4) is 0 Å². The van der Waals surface area contributed by atoms with Crippen molar-refractivity contribution in [3.05, 3.63) is 86.5 Å². The summed E-state index contributed by atoms with van der Waals surface area (Å²) in [6.07, 6.45) is 1.99. The third-order valence-corrected chi connectivity index (χ3v) is 7.06. The first kappa shape index (κ1) is 18.4. The maximum Gasteiger partial charge on any atom is 0.207 e. The standard InChI is InChI=1S/C21H15NOS4/c1-25-18-13-15(16-9-5-11-26-16)22(14-7-3-2-4-8-14)21(24)19(18)20(23)17-10-6-12-27-17/h2-13H,1H3. The molecule has 0 amide bonds. The molecular weight excluding hydrogens is 411 g/mol. The van der Waals surface area contributed by atoms with E-state index in [9.17, 15) is 4.79 Å². The molecule has 27 heavy (non-hydrogen) atoms. The van der Waals surface area contributed by atoms with Gasteiger partial charge in [0, 0.05) is 10.6 Å². The molecule has 0 spiro atoms. The van der Waals surface area contributed by atoms with Crippen LogP contribution >= 0.6 is 46.7 Å². The molecule has 0 saturated carbocycles. The van der Waals surface area contributed by atoms with E-state index in [2.05, 4.69) is 17.5 Å². The van der Waals surface area contributed by atoms with Crippen LogP contribution in [0, 0.1) is 4.64 Å². The molecule has 4 rings (SSSR count). The normalized spacial score (nSPS) is 10.9. The van der Waals surface area contributed by atoms with Crippen molar-refractivity contribution < 1.29 is 4.79 Å². The van der Waals surface area contributed by atoms with Gasteiger partial charge in [-0.3, -0.25) is 9.36 Å². The first-order chi connectivity index (χ1) is 13.2. The predicted octanol–water partition coefficient (Wildman–Crippen LogP) is 6.95. The van der Waals surface area contributed by atoms with E-state index in [4.69, 9.17) is 12.2 Å². The van der Waals surface area contributed by atoms with Crippen LogP contribution in [0.1, 0.15) is 15.2 Å². The molecule has 6 heteroatoms. The Hall–Kier alpha value is -1.99. The average molecular weight is 426 g/mol. The lowest BCUT2D eigenvalue weighted by molar-refractivity contribution is 0.103. The second kappa shape index (κ2) is 7.94. The zero-order chi connectivity index (χ0) is 18.8. The molecule has 3 aromatic heterocycles. The summed E-state index contributed by atoms with van der Waals surface area (Å²) in [5, 5.41) is 3.97. The molecule has 1 aromatic carbocycles. The average Bonchev–Trinajstić information content (AvgIpc) is 3.41. The van der Waals surface area contributed by atoms with E-state index in [1.165, 1.54) is 11.3 Å². The highest BCUT2D eigenvalue weighted by molar-refractivity contribution is 7.98. The van der Waals surface area contributed by atoms with Crippen LogP contribution in [0.5, 0.6) is 0 Å². The Morgan fingerprint density at radius 3 is 2.37 bits per heavy atom. The number of carbonyl (C=O) groups is 1. The van der Waals surface area contributed by atoms with E-state index in [0.717, 1.165) is 21.2 Å². The van der Waals surface area contributed by atoms with Gasteiger partial charge >= 0.3 is 0 Å². The van der Waals surface area contributed by atoms with Gasteiger partial charge in [0.2, 0.25) is 5.78 Å². The molecule has 134 valence electrons. The quantitative estimate of drug-likeness (QED) is 0.196. The Labute approximate surface area is 175 Å². The Bertz CT molecular complexity index is 1130. The molecule has 0 bridgehead atoms. The lowest BCUT2D eigenvalue weighted by Crippen LogP contribution is -2.10. The zero-order valence-corrected chi connectivity index (χ0v) is 17.7. The number of hydrogen-bond donors (Lipinski definition) is 0. The molecule has 0 aliphatic heterocycles. The first-order valence-electron chi connectivity index (χ1n) is 8.22. The zero-order valence-electron chi connectivity index (χ0n) is 14.4. The lowest BCUT2D eigenvalue weighted by Gasteiger charge is -2.18. The molecule has 0 atom stereocenters. The minimum Gasteiger partial charge on any atom is -0.299 e. The van der Waals surface area contributed by atoms with Gasteiger partial charge in [-0.1, -0.05) is 42.5 Å². The van der Waals surface area contributed by atoms with Crippen LogP contribution in [-0.2, 0) is 0 Å². The number of rotatable bonds is 5. The minimum atomic E-state index is -0.0123. The van der Waals surface area contributed by atoms with Gasteiger partial charge in [-0.15, -0.1) is 34.4 Å². The number of nitrogens with zero attached hydrogens (tertiary/aromatic N) is 1. The molecule has 0 aliphatic carbocycles. The van der Waals surface area contributed by atoms with Crippen LogP contribution in [-0.4, -0.2) is 16.6 Å². The predicted molar refractivity (Wildman–Crippen MR) is 119 cm³/mol. The van der Waals surface area contributed by atoms with E-state index in [1.807, 2.05) is 64.7 Å². The summed E-state index contributed by atoms with van der Waals surface area (Å²) in [5.41, 5.74) is 2.57. The summed E-state index contributed by atoms with van der Waals surface area (Å²) in [5.74, 6) is -0.0123. The van der Waals surface area contributed by atoms with Gasteiger partial charge in [0.25, 0.3) is 0 Å². The van der Waals surface area contributed by atoms with Gasteiger partial charge in [-0.25, -0.2) is 0 Å². The number of pyridine rings is 1. The van der Waals surface area contributed by atoms with E-state index in [1.54, 1.807) is 23.1 Å². The molecule has 2 nitrogen and oxygen atoms in total. The molecule has 4 aromatic rings. The van der Waals surface area contributed by atoms with Crippen molar-refractivity contribution >= 4 is 52.4 Å². The van der Waals surface area contributed by atoms with Crippen molar-refractivity contribution in [3.8, 4) is 16.3 Å². The molecule has 0 N–H and O–H groups in total. The van der Waals surface area contributed by atoms with Crippen molar-refractivity contribution in [2.24, 2.45) is 0 Å². The van der Waals surface area contributed by atoms with Crippen LogP contribution in [0.15, 0.2) is 76.3 Å². The first-order valence-corrected chi connectivity index (χ1v) is 11.6. The summed E-state index contributed by atoms with van der Waals surface area (Å²) in [7, 11) is 0. The highest BCUT2D eigenvalue weighted by atomic mass is 32.2. The SMILES string of the molecule is CSc1cc(-c2cccs2)n(-c2ccccc2)c(=S)c1C(=O)c1cccs1. The Morgan fingerprint density at radius 2 is 1.74 bits per heavy atom. The molecule has 3 heterocycles. The fourth-order valence-electron chi connectivity index (χ4n) is 2.93. The van der Waals surface area contributed by atoms with Crippen molar-refractivity contribution in [3.63, 3.8) is 0 Å². The van der Waals surface area contributed by atoms with Crippen molar-refractivity contribution in [2.45, 2.75) is 4.90 Å². The smallest absolute Gasteiger partial charge is 0.207 e. The van der Waals surface area contributed by atoms with Crippen molar-refractivity contribution in [1.82, 2.24) is 4.57 Å². The number of para-hydroxylation sites is 1. The molecule has 0 saturated heterocycles. The van der Waals surface area contributed by atoms with Gasteiger partial charge in [0.15, 0.2) is 0 Å². The van der Waals surface area contributed by atoms with Crippen LogP contribution < -0.4 is 0 Å². The summed E-state index contributed by atoms with van der Waals surface area (Å²) in [4.78, 5) is 15.9. The van der Waals surface area contributed by atoms with Gasteiger partial charge in [-0.2, -0.15) is 0 Å². The summed E-state index contributed by atoms with van der Waals surface area (Å²) >= 11 is 10.5. The van der Waals surface area contributed by atoms with Crippen LogP contribution in [0.4, 0.5) is 0 Å². The summed E-state index contributed by atoms with van der Waals surface area (Å²) in [6, 6.07) is 19.9. The Morgan fingerprint density at radius 1 is 1.00 bits per heavy atom. The highest BCUT2D eigenvalue weighted by Crippen LogP contribution is 2.35. The maximum atomic E-state index is 13.2. The highest BCUT2D eigenvalue weighted by Gasteiger charge is 2.21. The molecule has 0 radical (unpaired) electrons. The van der Waals surface area contributed by atoms with Crippen LogP contribution in [0.25, 0.3) is 16.3 Å². The van der Waals surface area contributed by atoms with Gasteiger partial charge < -0.3 is 0 Å². The topological polar surface area (TPSA) is 22.0 Å². The van der Waals surface area contributed by atoms with Crippen molar-refractivity contribution in [1.29, 1.82) is 0 Å². The van der Waals surface area contributed by atoms with E-state index in [0.29, 0.717) is 15.1 Å². The monoisotopic (exact) mass is 425 g/mol. The van der Waals surface area contributed by atoms with E-state index >= 15 is 0 Å². The second-order valence-corrected chi connectivity index (χ2v) is 8.86. The third-order valence-electron chi connectivity index (χ3n) is 4.15. The maximum absolute atomic E-state index is 13.2. The Balaban J connectivity index is 2.05. The fourth-order valence-corrected chi connectivity index (χ4v) is 5.42. The number of thioether (sulfide) groups is 1. The van der Waals surface area contributed by atoms with E-state index < -0.39 is 0 Å². The molecular formula is C21H15NOS4. The number of hydrogen-bond acceptors (Lipinski definition) is 5. The van der Waals surface area contributed by atoms with Gasteiger partial charge in [0.05, 0.1) is 21.0 Å². The Kier molecular flexibility index (Phi) is 5.41. The minimum absolute atomic E-state index is 0.0123. The largest absolute Gasteiger partial charge is 0.299 e. The summed E-state index contributed by atoms with van der Waals surface area (Å²) in [6.45, 7) is 0. The van der Waals surface area contributed by atoms with Gasteiger partial charge in [-0.05, 0) is 47.3 Å². The van der Waals surface area contributed by atoms with Gasteiger partial charge in [0.1, 0.15) is 4.64 Å². The molecule has 0 aliphatic rings. The number of benzene rings is 1.